The van der Waals surface area contributed by atoms with E-state index in [0.29, 0.717) is 13.0 Å². The summed E-state index contributed by atoms with van der Waals surface area (Å²) in [7, 11) is 1.57. The Bertz CT molecular complexity index is 1190. The van der Waals surface area contributed by atoms with Gasteiger partial charge in [-0.1, -0.05) is 17.7 Å². The summed E-state index contributed by atoms with van der Waals surface area (Å²) in [5.74, 6) is -4.24. The molecule has 2 amide bonds. The van der Waals surface area contributed by atoms with Crippen molar-refractivity contribution in [3.8, 4) is 5.75 Å². The fourth-order valence-electron chi connectivity index (χ4n) is 4.36. The first-order chi connectivity index (χ1) is 15.1. The average Bonchev–Trinajstić information content (AvgIpc) is 2.76. The molecule has 0 bridgehead atoms. The summed E-state index contributed by atoms with van der Waals surface area (Å²) >= 11 is 5.55. The van der Waals surface area contributed by atoms with Gasteiger partial charge in [-0.25, -0.2) is 8.78 Å². The van der Waals surface area contributed by atoms with Crippen molar-refractivity contribution >= 4 is 23.4 Å². The van der Waals surface area contributed by atoms with E-state index >= 15 is 0 Å². The van der Waals surface area contributed by atoms with Gasteiger partial charge < -0.3 is 24.6 Å². The zero-order chi connectivity index (χ0) is 23.3. The number of benzene rings is 1. The lowest BCUT2D eigenvalue weighted by atomic mass is 9.92. The Kier molecular flexibility index (Phi) is 5.68. The van der Waals surface area contributed by atoms with Gasteiger partial charge in [0.15, 0.2) is 11.4 Å². The van der Waals surface area contributed by atoms with Gasteiger partial charge in [-0.2, -0.15) is 0 Å². The minimum absolute atomic E-state index is 0.0813. The first-order valence-corrected chi connectivity index (χ1v) is 10.3. The second kappa shape index (κ2) is 8.18. The molecular weight excluding hydrogens is 448 g/mol. The number of halogens is 3. The standard InChI is InChI=1S/C21H20ClF2N3O5/c1-9-16-13(5-6-32-9)27-8-11(18(28)19(29)17(27)21(31)26(16)2)20(30)25-7-10-3-4-12(23)14(22)15(10)24/h3-4,8-9,13,16,29H,5-7H2,1-2H3,(H,25,30)/t9-,13?,16?/m0/s1. The Morgan fingerprint density at radius 3 is 2.78 bits per heavy atom. The summed E-state index contributed by atoms with van der Waals surface area (Å²) < 4.78 is 34.5. The molecule has 32 heavy (non-hydrogen) atoms. The molecule has 1 saturated heterocycles. The number of pyridine rings is 1. The Labute approximate surface area is 186 Å². The van der Waals surface area contributed by atoms with Crippen molar-refractivity contribution < 1.29 is 28.2 Å². The topological polar surface area (TPSA) is 101 Å². The average molecular weight is 468 g/mol. The van der Waals surface area contributed by atoms with Crippen LogP contribution in [0.15, 0.2) is 23.1 Å². The molecule has 8 nitrogen and oxygen atoms in total. The van der Waals surface area contributed by atoms with Crippen molar-refractivity contribution in [3.63, 3.8) is 0 Å². The quantitative estimate of drug-likeness (QED) is 0.674. The predicted octanol–water partition coefficient (Wildman–Crippen LogP) is 2.22. The van der Waals surface area contributed by atoms with Crippen LogP contribution < -0.4 is 10.7 Å². The van der Waals surface area contributed by atoms with Gasteiger partial charge in [0.1, 0.15) is 22.2 Å². The van der Waals surface area contributed by atoms with Gasteiger partial charge in [0.05, 0.1) is 18.2 Å². The van der Waals surface area contributed by atoms with Crippen LogP contribution in [0, 0.1) is 11.6 Å². The van der Waals surface area contributed by atoms with E-state index in [9.17, 15) is 28.3 Å². The van der Waals surface area contributed by atoms with Gasteiger partial charge in [-0.05, 0) is 19.4 Å². The highest BCUT2D eigenvalue weighted by Crippen LogP contribution is 2.36. The molecule has 3 atom stereocenters. The lowest BCUT2D eigenvalue weighted by Gasteiger charge is -2.47. The highest BCUT2D eigenvalue weighted by Gasteiger charge is 2.45. The number of likely N-dealkylation sites (N-methyl/N-ethyl adjacent to an activating group) is 1. The van der Waals surface area contributed by atoms with Gasteiger partial charge in [0.25, 0.3) is 11.8 Å². The third kappa shape index (κ3) is 3.43. The number of fused-ring (bicyclic) bond motifs is 3. The maximum Gasteiger partial charge on any atom is 0.274 e. The van der Waals surface area contributed by atoms with Crippen LogP contribution in [0.2, 0.25) is 5.02 Å². The predicted molar refractivity (Wildman–Crippen MR) is 110 cm³/mol. The third-order valence-corrected chi connectivity index (χ3v) is 6.35. The summed E-state index contributed by atoms with van der Waals surface area (Å²) in [5.41, 5.74) is -1.70. The Balaban J connectivity index is 1.69. The van der Waals surface area contributed by atoms with Gasteiger partial charge in [0, 0.05) is 32.0 Å². The lowest BCUT2D eigenvalue weighted by Crippen LogP contribution is -2.57. The number of amides is 2. The number of aromatic hydroxyl groups is 1. The number of rotatable bonds is 3. The number of nitrogens with one attached hydrogen (secondary N) is 1. The van der Waals surface area contributed by atoms with Crippen LogP contribution in [-0.4, -0.2) is 52.2 Å². The van der Waals surface area contributed by atoms with Crippen LogP contribution in [-0.2, 0) is 11.3 Å². The number of hydrogen-bond acceptors (Lipinski definition) is 5. The number of carbonyl (C=O) groups excluding carboxylic acids is 2. The molecule has 2 N–H and O–H groups in total. The van der Waals surface area contributed by atoms with E-state index in [-0.39, 0.29) is 36.0 Å². The van der Waals surface area contributed by atoms with E-state index in [4.69, 9.17) is 16.3 Å². The van der Waals surface area contributed by atoms with Crippen molar-refractivity contribution in [2.45, 2.75) is 38.1 Å². The van der Waals surface area contributed by atoms with E-state index in [0.717, 1.165) is 12.1 Å². The number of hydrogen-bond donors (Lipinski definition) is 2. The zero-order valence-electron chi connectivity index (χ0n) is 17.2. The number of nitrogens with zero attached hydrogens (tertiary/aromatic N) is 2. The molecule has 0 spiro atoms. The Morgan fingerprint density at radius 2 is 2.06 bits per heavy atom. The van der Waals surface area contributed by atoms with E-state index in [1.54, 1.807) is 7.05 Å². The minimum Gasteiger partial charge on any atom is -0.503 e. The van der Waals surface area contributed by atoms with Crippen LogP contribution in [0.5, 0.6) is 5.75 Å². The van der Waals surface area contributed by atoms with Crippen molar-refractivity contribution in [1.29, 1.82) is 0 Å². The first-order valence-electron chi connectivity index (χ1n) is 9.91. The molecule has 11 heteroatoms. The molecule has 1 aromatic carbocycles. The van der Waals surface area contributed by atoms with Crippen LogP contribution in [0.1, 0.15) is 45.8 Å². The number of carbonyl (C=O) groups is 2. The van der Waals surface area contributed by atoms with E-state index < -0.39 is 45.2 Å². The van der Waals surface area contributed by atoms with Crippen LogP contribution in [0.25, 0.3) is 0 Å². The normalized spacial score (nSPS) is 22.3. The fourth-order valence-corrected chi connectivity index (χ4v) is 4.55. The van der Waals surface area contributed by atoms with Crippen LogP contribution >= 0.6 is 11.6 Å². The van der Waals surface area contributed by atoms with E-state index in [1.807, 2.05) is 6.92 Å². The van der Waals surface area contributed by atoms with Crippen molar-refractivity contribution in [3.05, 3.63) is 62.0 Å². The summed E-state index contributed by atoms with van der Waals surface area (Å²) in [6.07, 6.45) is 1.45. The second-order valence-electron chi connectivity index (χ2n) is 7.83. The first kappa shape index (κ1) is 22.2. The van der Waals surface area contributed by atoms with Crippen molar-refractivity contribution in [2.75, 3.05) is 13.7 Å². The number of aromatic nitrogens is 1. The number of ether oxygens (including phenoxy) is 1. The molecule has 2 unspecified atom stereocenters. The highest BCUT2D eigenvalue weighted by atomic mass is 35.5. The van der Waals surface area contributed by atoms with Crippen molar-refractivity contribution in [1.82, 2.24) is 14.8 Å². The lowest BCUT2D eigenvalue weighted by molar-refractivity contribution is -0.0598. The molecule has 1 fully saturated rings. The Morgan fingerprint density at radius 1 is 1.34 bits per heavy atom. The molecular formula is C21H20ClF2N3O5. The van der Waals surface area contributed by atoms with Crippen LogP contribution in [0.4, 0.5) is 8.78 Å². The molecule has 2 aliphatic rings. The SMILES string of the molecule is C[C@@H]1OCCC2C1N(C)C(=O)c1c(O)c(=O)c(C(=O)NCc3ccc(F)c(Cl)c3F)cn12. The monoisotopic (exact) mass is 467 g/mol. The van der Waals surface area contributed by atoms with E-state index in [2.05, 4.69) is 5.32 Å². The molecule has 2 aliphatic heterocycles. The molecule has 1 aromatic heterocycles. The molecule has 170 valence electrons. The van der Waals surface area contributed by atoms with Gasteiger partial charge in [0.2, 0.25) is 5.43 Å². The molecule has 0 radical (unpaired) electrons. The van der Waals surface area contributed by atoms with Gasteiger partial charge in [-0.3, -0.25) is 14.4 Å². The summed E-state index contributed by atoms with van der Waals surface area (Å²) in [6.45, 7) is 1.86. The highest BCUT2D eigenvalue weighted by molar-refractivity contribution is 6.30. The maximum atomic E-state index is 14.1. The molecule has 3 heterocycles. The minimum atomic E-state index is -1.02. The molecule has 0 saturated carbocycles. The second-order valence-corrected chi connectivity index (χ2v) is 8.21. The largest absolute Gasteiger partial charge is 0.503 e. The summed E-state index contributed by atoms with van der Waals surface area (Å²) in [6, 6.07) is 1.41. The third-order valence-electron chi connectivity index (χ3n) is 6.01. The maximum absolute atomic E-state index is 14.1. The van der Waals surface area contributed by atoms with E-state index in [1.165, 1.54) is 15.7 Å². The van der Waals surface area contributed by atoms with Gasteiger partial charge in [-0.15, -0.1) is 0 Å². The van der Waals surface area contributed by atoms with Gasteiger partial charge >= 0.3 is 0 Å². The smallest absolute Gasteiger partial charge is 0.274 e. The van der Waals surface area contributed by atoms with Crippen molar-refractivity contribution in [2.24, 2.45) is 0 Å². The fraction of sp³-hybridized carbons (Fsp3) is 0.381. The van der Waals surface area contributed by atoms with Crippen LogP contribution in [0.3, 0.4) is 0 Å². The molecule has 4 rings (SSSR count). The molecule has 2 aromatic rings. The summed E-state index contributed by atoms with van der Waals surface area (Å²) in [4.78, 5) is 39.7. The zero-order valence-corrected chi connectivity index (χ0v) is 17.9. The molecule has 0 aliphatic carbocycles. The summed E-state index contributed by atoms with van der Waals surface area (Å²) in [5, 5.41) is 12.2. The Hall–Kier alpha value is -2.98.